The molecule has 2 bridgehead atoms. The van der Waals surface area contributed by atoms with Gasteiger partial charge in [0.2, 0.25) is 5.91 Å². The van der Waals surface area contributed by atoms with Crippen molar-refractivity contribution in [1.29, 1.82) is 0 Å². The number of hydrogen-bond donors (Lipinski definition) is 0. The number of hydrogen-bond acceptors (Lipinski definition) is 12. The Labute approximate surface area is 341 Å². The van der Waals surface area contributed by atoms with Gasteiger partial charge in [-0.15, -0.1) is 0 Å². The highest BCUT2D eigenvalue weighted by Crippen LogP contribution is 2.65. The largest absolute Gasteiger partial charge is 0.514 e. The Balaban J connectivity index is 1.23. The van der Waals surface area contributed by atoms with Gasteiger partial charge in [0.15, 0.2) is 5.75 Å². The van der Waals surface area contributed by atoms with E-state index in [4.69, 9.17) is 38.5 Å². The van der Waals surface area contributed by atoms with Crippen LogP contribution in [-0.4, -0.2) is 107 Å². The molecule has 16 nitrogen and oxygen atoms in total. The van der Waals surface area contributed by atoms with Crippen LogP contribution < -0.4 is 9.47 Å². The van der Waals surface area contributed by atoms with E-state index >= 15 is 0 Å². The number of nitrogens with zero attached hydrogens (tertiary/aromatic N) is 5. The van der Waals surface area contributed by atoms with Crippen LogP contribution in [0.4, 0.5) is 9.59 Å². The van der Waals surface area contributed by atoms with Crippen LogP contribution in [0.25, 0.3) is 10.4 Å². The van der Waals surface area contributed by atoms with Crippen LogP contribution in [-0.2, 0) is 34.7 Å². The number of carbonyl (C=O) groups is 4. The van der Waals surface area contributed by atoms with Gasteiger partial charge >= 0.3 is 25.3 Å². The van der Waals surface area contributed by atoms with E-state index in [0.29, 0.717) is 30.1 Å². The molecule has 0 radical (unpaired) electrons. The summed E-state index contributed by atoms with van der Waals surface area (Å²) in [5.41, 5.74) is 6.69. The fraction of sp³-hybridized carbons (Fsp3) is 0.756. The number of benzene rings is 1. The van der Waals surface area contributed by atoms with Gasteiger partial charge in [-0.1, -0.05) is 25.0 Å². The number of likely N-dealkylation sites (tertiary alicyclic amines) is 2. The van der Waals surface area contributed by atoms with Crippen molar-refractivity contribution in [3.8, 4) is 11.5 Å². The lowest BCUT2D eigenvalue weighted by Crippen LogP contribution is -2.65. The monoisotopic (exact) mass is 809 g/mol. The zero-order valence-corrected chi connectivity index (χ0v) is 36.1. The zero-order valence-electron chi connectivity index (χ0n) is 36.1. The van der Waals surface area contributed by atoms with Crippen molar-refractivity contribution >= 4 is 31.2 Å². The molecule has 7 rings (SSSR count). The Hall–Kier alpha value is -4.21. The van der Waals surface area contributed by atoms with Crippen molar-refractivity contribution < 1.29 is 52.2 Å². The Morgan fingerprint density at radius 1 is 0.914 bits per heavy atom. The molecule has 58 heavy (non-hydrogen) atoms. The molecule has 3 aliphatic heterocycles. The molecule has 3 saturated carbocycles. The molecule has 6 aliphatic rings. The summed E-state index contributed by atoms with van der Waals surface area (Å²) >= 11 is 0. The second-order valence-corrected chi connectivity index (χ2v) is 20.2. The number of carbonyl (C=O) groups excluding carboxylic acids is 4. The summed E-state index contributed by atoms with van der Waals surface area (Å²) in [5.74, 6) is -0.0772. The van der Waals surface area contributed by atoms with Crippen LogP contribution in [0.3, 0.4) is 0 Å². The van der Waals surface area contributed by atoms with Crippen molar-refractivity contribution in [3.63, 3.8) is 0 Å². The molecule has 0 unspecified atom stereocenters. The molecule has 3 saturated heterocycles. The predicted octanol–water partition coefficient (Wildman–Crippen LogP) is 7.50. The summed E-state index contributed by atoms with van der Waals surface area (Å²) in [6.45, 7) is 22.6. The number of amides is 2. The first-order valence-corrected chi connectivity index (χ1v) is 20.4. The van der Waals surface area contributed by atoms with E-state index in [-0.39, 0.29) is 60.5 Å². The molecule has 0 aromatic heterocycles. The van der Waals surface area contributed by atoms with Crippen molar-refractivity contribution in [3.05, 3.63) is 33.7 Å². The normalized spacial score (nSPS) is 27.7. The van der Waals surface area contributed by atoms with Gasteiger partial charge in [0.05, 0.1) is 30.8 Å². The van der Waals surface area contributed by atoms with E-state index in [1.165, 1.54) is 9.80 Å². The Morgan fingerprint density at radius 2 is 1.57 bits per heavy atom. The average Bonchev–Trinajstić information content (AvgIpc) is 3.63. The third-order valence-corrected chi connectivity index (χ3v) is 11.9. The topological polar surface area (TPSA) is 188 Å². The van der Waals surface area contributed by atoms with Crippen LogP contribution in [0.2, 0.25) is 6.32 Å². The molecule has 6 fully saturated rings. The molecule has 3 aliphatic carbocycles. The molecule has 2 amide bonds. The fourth-order valence-corrected chi connectivity index (χ4v) is 9.05. The van der Waals surface area contributed by atoms with Gasteiger partial charge in [-0.2, -0.15) is 0 Å². The predicted molar refractivity (Wildman–Crippen MR) is 212 cm³/mol. The van der Waals surface area contributed by atoms with Gasteiger partial charge in [-0.25, -0.2) is 14.4 Å². The lowest BCUT2D eigenvalue weighted by Gasteiger charge is -2.64. The van der Waals surface area contributed by atoms with Gasteiger partial charge in [-0.3, -0.25) is 9.69 Å². The van der Waals surface area contributed by atoms with Gasteiger partial charge in [0.25, 0.3) is 0 Å². The van der Waals surface area contributed by atoms with Crippen LogP contribution in [0.5, 0.6) is 11.5 Å². The van der Waals surface area contributed by atoms with Gasteiger partial charge < -0.3 is 37.9 Å². The minimum absolute atomic E-state index is 0.00434. The van der Waals surface area contributed by atoms with E-state index in [2.05, 4.69) is 30.8 Å². The number of rotatable bonds is 9. The maximum Gasteiger partial charge on any atom is 0.514 e. The maximum atomic E-state index is 14.1. The zero-order chi connectivity index (χ0) is 42.7. The number of aryl methyl sites for hydroxylation is 1. The fourth-order valence-electron chi connectivity index (χ4n) is 9.05. The van der Waals surface area contributed by atoms with E-state index < -0.39 is 65.9 Å². The quantitative estimate of drug-likeness (QED) is 0.0457. The van der Waals surface area contributed by atoms with Gasteiger partial charge in [0.1, 0.15) is 40.3 Å². The van der Waals surface area contributed by atoms with E-state index in [0.717, 1.165) is 12.8 Å². The lowest BCUT2D eigenvalue weighted by atomic mass is 9.43. The molecule has 17 heteroatoms. The highest BCUT2D eigenvalue weighted by molar-refractivity contribution is 6.45. The number of azide groups is 1. The molecular weight excluding hydrogens is 749 g/mol. The van der Waals surface area contributed by atoms with Crippen molar-refractivity contribution in [1.82, 2.24) is 9.80 Å². The molecule has 0 spiro atoms. The van der Waals surface area contributed by atoms with Gasteiger partial charge in [0, 0.05) is 11.5 Å². The van der Waals surface area contributed by atoms with Crippen LogP contribution >= 0.6 is 0 Å². The second kappa shape index (κ2) is 15.4. The minimum atomic E-state index is -1.00. The molecule has 3 heterocycles. The average molecular weight is 810 g/mol. The summed E-state index contributed by atoms with van der Waals surface area (Å²) in [7, 11) is -0.493. The third-order valence-electron chi connectivity index (χ3n) is 11.9. The number of ether oxygens (including phenoxy) is 5. The Bertz CT molecular complexity index is 1840. The van der Waals surface area contributed by atoms with E-state index in [9.17, 15) is 19.2 Å². The van der Waals surface area contributed by atoms with Gasteiger partial charge in [-0.05, 0) is 136 Å². The molecule has 0 N–H and O–H groups in total. The summed E-state index contributed by atoms with van der Waals surface area (Å²) in [6, 6.07) is 1.89. The second-order valence-electron chi connectivity index (χ2n) is 20.2. The van der Waals surface area contributed by atoms with Crippen LogP contribution in [0.15, 0.2) is 17.2 Å². The highest BCUT2D eigenvalue weighted by Gasteiger charge is 2.67. The van der Waals surface area contributed by atoms with E-state index in [1.807, 2.05) is 0 Å². The molecular formula is C41H60BN5O11. The third kappa shape index (κ3) is 9.16. The van der Waals surface area contributed by atoms with Crippen molar-refractivity contribution in [2.45, 2.75) is 162 Å². The van der Waals surface area contributed by atoms with Crippen molar-refractivity contribution in [2.24, 2.45) is 22.4 Å². The van der Waals surface area contributed by atoms with E-state index in [1.54, 1.807) is 74.4 Å². The highest BCUT2D eigenvalue weighted by atomic mass is 16.7. The summed E-state index contributed by atoms with van der Waals surface area (Å²) in [5, 5.41) is 3.76. The summed E-state index contributed by atoms with van der Waals surface area (Å²) < 4.78 is 42.3. The molecule has 318 valence electrons. The summed E-state index contributed by atoms with van der Waals surface area (Å²) in [4.78, 5) is 59.9. The number of esters is 1. The SMILES string of the molecule is CC(C)(C)OC(=O)Oc1c(CCB2O[C@@H]3C[C@@H]4C[C@@H](C4(C)C)[C@]3(C)O2)ccc(OC2CN(C(=O)[C@@H]3C[C@@H](N=[N+]=[N-])CN3C(=O)OC(C)(C)C)C2)c1C(=O)OC(C)(C)C. The lowest BCUT2D eigenvalue weighted by molar-refractivity contribution is -0.199. The standard InChI is InChI=1S/C41H60BN5O11/c1-37(2,3)54-34(49)31-28(52-26-21-46(22-26)33(48)27-19-25(44-45-43)20-47(27)35(50)55-38(4,5)6)14-13-23(32(31)53-36(51)56-39(7,8)9)15-16-42-57-30-18-24-17-29(40(24,10)11)41(30,12)58-42/h13-14,24-27,29-30H,15-22H2,1-12H3/t24-,25+,27-,29-,30+,41-/m0/s1. The van der Waals surface area contributed by atoms with Crippen LogP contribution in [0, 0.1) is 17.3 Å². The molecule has 6 atom stereocenters. The maximum absolute atomic E-state index is 14.1. The Kier molecular flexibility index (Phi) is 11.5. The first kappa shape index (κ1) is 43.4. The molecule has 1 aromatic carbocycles. The Morgan fingerprint density at radius 3 is 2.17 bits per heavy atom. The molecule has 1 aromatic rings. The first-order chi connectivity index (χ1) is 26.8. The minimum Gasteiger partial charge on any atom is -0.486 e. The van der Waals surface area contributed by atoms with Crippen molar-refractivity contribution in [2.75, 3.05) is 19.6 Å². The van der Waals surface area contributed by atoms with Crippen LogP contribution in [0.1, 0.15) is 118 Å². The smallest absolute Gasteiger partial charge is 0.486 e. The first-order valence-electron chi connectivity index (χ1n) is 20.4. The summed E-state index contributed by atoms with van der Waals surface area (Å²) in [6.07, 6.45) is 0.743.